The van der Waals surface area contributed by atoms with Crippen LogP contribution in [0.2, 0.25) is 0 Å². The molecular formula is C14H30O5. The molecule has 0 aromatic carbocycles. The molecule has 5 heteroatoms. The van der Waals surface area contributed by atoms with Crippen molar-refractivity contribution in [3.05, 3.63) is 0 Å². The van der Waals surface area contributed by atoms with Gasteiger partial charge < -0.3 is 23.7 Å². The summed E-state index contributed by atoms with van der Waals surface area (Å²) in [5.74, 6) is 0. The van der Waals surface area contributed by atoms with Crippen LogP contribution in [0.25, 0.3) is 0 Å². The van der Waals surface area contributed by atoms with Crippen LogP contribution in [0.5, 0.6) is 0 Å². The van der Waals surface area contributed by atoms with Crippen molar-refractivity contribution >= 4 is 0 Å². The van der Waals surface area contributed by atoms with E-state index in [4.69, 9.17) is 23.7 Å². The van der Waals surface area contributed by atoms with Crippen molar-refractivity contribution < 1.29 is 23.7 Å². The van der Waals surface area contributed by atoms with Crippen LogP contribution in [-0.4, -0.2) is 51.2 Å². The Morgan fingerprint density at radius 2 is 1.05 bits per heavy atom. The maximum Gasteiger partial charge on any atom is 0.185 e. The summed E-state index contributed by atoms with van der Waals surface area (Å²) < 4.78 is 27.9. The zero-order chi connectivity index (χ0) is 15.1. The highest BCUT2D eigenvalue weighted by molar-refractivity contribution is 4.83. The molecular weight excluding hydrogens is 248 g/mol. The predicted molar refractivity (Wildman–Crippen MR) is 74.1 cm³/mol. The maximum absolute atomic E-state index is 6.14. The van der Waals surface area contributed by atoms with Crippen molar-refractivity contribution in [3.8, 4) is 0 Å². The third kappa shape index (κ3) is 5.75. The minimum atomic E-state index is -0.623. The second-order valence-corrected chi connectivity index (χ2v) is 5.35. The molecule has 5 nitrogen and oxygen atoms in total. The largest absolute Gasteiger partial charge is 0.359 e. The Morgan fingerprint density at radius 1 is 0.737 bits per heavy atom. The molecule has 0 aliphatic rings. The lowest BCUT2D eigenvalue weighted by Gasteiger charge is -2.42. The molecule has 116 valence electrons. The van der Waals surface area contributed by atoms with Crippen LogP contribution in [0, 0.1) is 0 Å². The molecule has 0 fully saturated rings. The number of hydrogen-bond acceptors (Lipinski definition) is 5. The summed E-state index contributed by atoms with van der Waals surface area (Å²) in [4.78, 5) is 0. The molecule has 0 amide bonds. The van der Waals surface area contributed by atoms with Crippen LogP contribution in [0.3, 0.4) is 0 Å². The minimum Gasteiger partial charge on any atom is -0.359 e. The number of methoxy groups -OCH3 is 2. The van der Waals surface area contributed by atoms with Crippen molar-refractivity contribution in [2.45, 2.75) is 65.3 Å². The predicted octanol–water partition coefficient (Wildman–Crippen LogP) is 2.58. The Morgan fingerprint density at radius 3 is 1.26 bits per heavy atom. The summed E-state index contributed by atoms with van der Waals surface area (Å²) in [6, 6.07) is 0. The monoisotopic (exact) mass is 278 g/mol. The summed E-state index contributed by atoms with van der Waals surface area (Å²) in [5, 5.41) is 0. The van der Waals surface area contributed by atoms with Gasteiger partial charge in [-0.15, -0.1) is 0 Å². The number of rotatable bonds is 10. The fraction of sp³-hybridized carbons (Fsp3) is 1.00. The van der Waals surface area contributed by atoms with E-state index >= 15 is 0 Å². The first-order chi connectivity index (χ1) is 8.75. The van der Waals surface area contributed by atoms with Gasteiger partial charge in [-0.2, -0.15) is 0 Å². The molecule has 0 spiro atoms. The topological polar surface area (TPSA) is 46.2 Å². The van der Waals surface area contributed by atoms with E-state index in [1.165, 1.54) is 0 Å². The third-order valence-corrected chi connectivity index (χ3v) is 2.73. The summed E-state index contributed by atoms with van der Waals surface area (Å²) >= 11 is 0. The van der Waals surface area contributed by atoms with E-state index in [-0.39, 0.29) is 0 Å². The van der Waals surface area contributed by atoms with E-state index in [1.807, 2.05) is 41.5 Å². The summed E-state index contributed by atoms with van der Waals surface area (Å²) in [7, 11) is 3.21. The van der Waals surface area contributed by atoms with Gasteiger partial charge in [0.25, 0.3) is 0 Å². The first-order valence-corrected chi connectivity index (χ1v) is 6.74. The molecule has 19 heavy (non-hydrogen) atoms. The van der Waals surface area contributed by atoms with Gasteiger partial charge in [-0.3, -0.25) is 0 Å². The third-order valence-electron chi connectivity index (χ3n) is 2.73. The van der Waals surface area contributed by atoms with Gasteiger partial charge in [0, 0.05) is 27.4 Å². The normalized spacial score (nSPS) is 16.4. The average Bonchev–Trinajstić information content (AvgIpc) is 2.30. The van der Waals surface area contributed by atoms with Gasteiger partial charge in [0.15, 0.2) is 12.6 Å². The second kappa shape index (κ2) is 8.17. The van der Waals surface area contributed by atoms with E-state index in [2.05, 4.69) is 0 Å². The molecule has 0 aromatic heterocycles. The quantitative estimate of drug-likeness (QED) is 0.575. The lowest BCUT2D eigenvalue weighted by atomic mass is 10.0. The van der Waals surface area contributed by atoms with Crippen LogP contribution >= 0.6 is 0 Å². The van der Waals surface area contributed by atoms with Crippen LogP contribution in [0.4, 0.5) is 0 Å². The van der Waals surface area contributed by atoms with Crippen molar-refractivity contribution in [1.29, 1.82) is 0 Å². The molecule has 2 unspecified atom stereocenters. The standard InChI is InChI=1S/C14H30O5/c1-9-17-11(15-7)13(3,4)19-14(5,6)12(16-8)18-10-2/h11-12H,9-10H2,1-8H3. The molecule has 0 N–H and O–H groups in total. The molecule has 2 atom stereocenters. The van der Waals surface area contributed by atoms with Crippen LogP contribution < -0.4 is 0 Å². The van der Waals surface area contributed by atoms with Crippen LogP contribution in [0.1, 0.15) is 41.5 Å². The Kier molecular flexibility index (Phi) is 8.08. The lowest BCUT2D eigenvalue weighted by Crippen LogP contribution is -2.53. The molecule has 0 saturated heterocycles. The second-order valence-electron chi connectivity index (χ2n) is 5.35. The molecule has 0 heterocycles. The SMILES string of the molecule is CCOC(OC)C(C)(C)OC(C)(C)C(OC)OCC. The fourth-order valence-corrected chi connectivity index (χ4v) is 2.18. The Labute approximate surface area is 117 Å². The molecule has 0 bridgehead atoms. The Hall–Kier alpha value is -0.200. The zero-order valence-corrected chi connectivity index (χ0v) is 13.6. The van der Waals surface area contributed by atoms with E-state index in [1.54, 1.807) is 14.2 Å². The summed E-state index contributed by atoms with van der Waals surface area (Å²) in [6.07, 6.45) is -0.896. The molecule has 0 aromatic rings. The molecule has 0 radical (unpaired) electrons. The summed E-state index contributed by atoms with van der Waals surface area (Å²) in [6.45, 7) is 12.7. The van der Waals surface area contributed by atoms with E-state index in [0.717, 1.165) is 0 Å². The maximum atomic E-state index is 6.14. The van der Waals surface area contributed by atoms with Crippen molar-refractivity contribution in [1.82, 2.24) is 0 Å². The van der Waals surface area contributed by atoms with Crippen molar-refractivity contribution in [2.75, 3.05) is 27.4 Å². The van der Waals surface area contributed by atoms with Gasteiger partial charge in [-0.05, 0) is 41.5 Å². The minimum absolute atomic E-state index is 0.448. The van der Waals surface area contributed by atoms with Gasteiger partial charge in [0.2, 0.25) is 0 Å². The molecule has 0 aliphatic heterocycles. The van der Waals surface area contributed by atoms with Crippen molar-refractivity contribution in [2.24, 2.45) is 0 Å². The summed E-state index contributed by atoms with van der Waals surface area (Å²) in [5.41, 5.74) is -1.25. The zero-order valence-electron chi connectivity index (χ0n) is 13.6. The van der Waals surface area contributed by atoms with Gasteiger partial charge in [-0.1, -0.05) is 0 Å². The number of hydrogen-bond donors (Lipinski definition) is 0. The first-order valence-electron chi connectivity index (χ1n) is 6.74. The van der Waals surface area contributed by atoms with E-state index < -0.39 is 23.8 Å². The average molecular weight is 278 g/mol. The highest BCUT2D eigenvalue weighted by atomic mass is 16.7. The van der Waals surface area contributed by atoms with Gasteiger partial charge in [0.1, 0.15) is 11.2 Å². The Balaban J connectivity index is 4.84. The Bertz CT molecular complexity index is 216. The molecule has 0 saturated carbocycles. The van der Waals surface area contributed by atoms with Crippen molar-refractivity contribution in [3.63, 3.8) is 0 Å². The fourth-order valence-electron chi connectivity index (χ4n) is 2.18. The lowest BCUT2D eigenvalue weighted by molar-refractivity contribution is -0.306. The highest BCUT2D eigenvalue weighted by Gasteiger charge is 2.41. The smallest absolute Gasteiger partial charge is 0.185 e. The number of ether oxygens (including phenoxy) is 5. The molecule has 0 rings (SSSR count). The first kappa shape index (κ1) is 18.8. The van der Waals surface area contributed by atoms with E-state index in [0.29, 0.717) is 13.2 Å². The molecule has 0 aliphatic carbocycles. The van der Waals surface area contributed by atoms with Gasteiger partial charge in [0.05, 0.1) is 0 Å². The van der Waals surface area contributed by atoms with Crippen LogP contribution in [-0.2, 0) is 23.7 Å². The van der Waals surface area contributed by atoms with Gasteiger partial charge in [-0.25, -0.2) is 0 Å². The highest BCUT2D eigenvalue weighted by Crippen LogP contribution is 2.29. The van der Waals surface area contributed by atoms with Crippen LogP contribution in [0.15, 0.2) is 0 Å². The van der Waals surface area contributed by atoms with E-state index in [9.17, 15) is 0 Å². The van der Waals surface area contributed by atoms with Gasteiger partial charge >= 0.3 is 0 Å².